The van der Waals surface area contributed by atoms with Gasteiger partial charge >= 0.3 is 0 Å². The summed E-state index contributed by atoms with van der Waals surface area (Å²) in [5.74, 6) is 1.47. The fraction of sp³-hybridized carbons (Fsp3) is 0.533. The Morgan fingerprint density at radius 2 is 1.12 bits per heavy atom. The van der Waals surface area contributed by atoms with Gasteiger partial charge in [0.05, 0.1) is 12.1 Å². The largest absolute Gasteiger partial charge is 0.507 e. The summed E-state index contributed by atoms with van der Waals surface area (Å²) in [6, 6.07) is 8.49. The van der Waals surface area contributed by atoms with Crippen LogP contribution in [0.4, 0.5) is 0 Å². The molecule has 4 nitrogen and oxygen atoms in total. The fourth-order valence-corrected chi connectivity index (χ4v) is 4.68. The molecule has 2 aromatic rings. The summed E-state index contributed by atoms with van der Waals surface area (Å²) in [6.45, 7) is 12.8. The van der Waals surface area contributed by atoms with E-state index in [1.165, 1.54) is 11.1 Å². The van der Waals surface area contributed by atoms with Crippen LogP contribution in [-0.4, -0.2) is 34.7 Å². The molecule has 1 fully saturated rings. The predicted octanol–water partition coefficient (Wildman–Crippen LogP) is 7.32. The minimum atomic E-state index is 0.0817. The van der Waals surface area contributed by atoms with Crippen molar-refractivity contribution in [1.82, 2.24) is 0 Å². The van der Waals surface area contributed by atoms with E-state index >= 15 is 0 Å². The second kappa shape index (κ2) is 11.7. The molecule has 0 spiro atoms. The lowest BCUT2D eigenvalue weighted by molar-refractivity contribution is 0.390. The molecule has 1 saturated carbocycles. The standard InChI is InChI=1S/C30H42N2O2/c1-7-21-13-23(19(3)4)15-25(29(21)33)17-31-27-11-9-10-12-28(27)32-18-26-16-24(20(5)6)14-22(8-2)30(26)34/h13-20,27-28,33-34H,7-12H2,1-6H3. The van der Waals surface area contributed by atoms with Gasteiger partial charge in [-0.2, -0.15) is 0 Å². The Bertz CT molecular complexity index is 953. The minimum absolute atomic E-state index is 0.0817. The lowest BCUT2D eigenvalue weighted by atomic mass is 9.90. The number of aliphatic imine (C=N–C) groups is 2. The molecular weight excluding hydrogens is 420 g/mol. The van der Waals surface area contributed by atoms with Crippen LogP contribution in [0, 0.1) is 0 Å². The molecule has 0 amide bonds. The first kappa shape index (κ1) is 26.0. The Morgan fingerprint density at radius 1 is 0.735 bits per heavy atom. The average molecular weight is 463 g/mol. The van der Waals surface area contributed by atoms with E-state index in [9.17, 15) is 10.2 Å². The van der Waals surface area contributed by atoms with Gasteiger partial charge in [0, 0.05) is 23.6 Å². The zero-order valence-electron chi connectivity index (χ0n) is 21.8. The van der Waals surface area contributed by atoms with Gasteiger partial charge in [-0.1, -0.05) is 66.5 Å². The Hall–Kier alpha value is -2.62. The van der Waals surface area contributed by atoms with Crippen molar-refractivity contribution < 1.29 is 10.2 Å². The first-order chi connectivity index (χ1) is 16.2. The molecule has 1 aliphatic carbocycles. The van der Waals surface area contributed by atoms with Gasteiger partial charge in [0.1, 0.15) is 11.5 Å². The number of hydrogen-bond acceptors (Lipinski definition) is 4. The molecule has 3 rings (SSSR count). The quantitative estimate of drug-likeness (QED) is 0.404. The van der Waals surface area contributed by atoms with Crippen molar-refractivity contribution in [2.24, 2.45) is 9.98 Å². The van der Waals surface area contributed by atoms with Crippen LogP contribution < -0.4 is 0 Å². The van der Waals surface area contributed by atoms with Gasteiger partial charge in [0.25, 0.3) is 0 Å². The third-order valence-corrected chi connectivity index (χ3v) is 7.08. The van der Waals surface area contributed by atoms with Gasteiger partial charge < -0.3 is 10.2 Å². The van der Waals surface area contributed by atoms with Crippen molar-refractivity contribution in [1.29, 1.82) is 0 Å². The normalized spacial score (nSPS) is 19.2. The molecule has 2 aromatic carbocycles. The van der Waals surface area contributed by atoms with Crippen molar-refractivity contribution >= 4 is 12.4 Å². The van der Waals surface area contributed by atoms with Crippen LogP contribution in [-0.2, 0) is 12.8 Å². The highest BCUT2D eigenvalue weighted by Gasteiger charge is 2.24. The number of benzene rings is 2. The van der Waals surface area contributed by atoms with E-state index in [0.29, 0.717) is 23.3 Å². The highest BCUT2D eigenvalue weighted by Crippen LogP contribution is 2.30. The SMILES string of the molecule is CCc1cc(C(C)C)cc(C=NC2CCCCC2N=Cc2cc(C(C)C)cc(CC)c2O)c1O. The number of nitrogens with zero attached hydrogens (tertiary/aromatic N) is 2. The zero-order valence-corrected chi connectivity index (χ0v) is 21.8. The topological polar surface area (TPSA) is 65.2 Å². The van der Waals surface area contributed by atoms with Crippen LogP contribution in [0.3, 0.4) is 0 Å². The van der Waals surface area contributed by atoms with Crippen molar-refractivity contribution in [2.75, 3.05) is 0 Å². The molecule has 0 heterocycles. The summed E-state index contributed by atoms with van der Waals surface area (Å²) in [7, 11) is 0. The van der Waals surface area contributed by atoms with Gasteiger partial charge in [0.2, 0.25) is 0 Å². The van der Waals surface area contributed by atoms with Crippen LogP contribution >= 0.6 is 0 Å². The third-order valence-electron chi connectivity index (χ3n) is 7.08. The van der Waals surface area contributed by atoms with Gasteiger partial charge in [-0.3, -0.25) is 9.98 Å². The first-order valence-electron chi connectivity index (χ1n) is 13.0. The second-order valence-corrected chi connectivity index (χ2v) is 10.2. The number of aryl methyl sites for hydroxylation is 2. The molecule has 184 valence electrons. The van der Waals surface area contributed by atoms with Crippen molar-refractivity contribution in [2.45, 2.75) is 104 Å². The highest BCUT2D eigenvalue weighted by atomic mass is 16.3. The van der Waals surface area contributed by atoms with E-state index in [1.807, 2.05) is 12.4 Å². The number of phenols is 2. The number of phenolic OH excluding ortho intramolecular Hbond substituents is 2. The van der Waals surface area contributed by atoms with E-state index in [4.69, 9.17) is 9.98 Å². The molecule has 0 saturated heterocycles. The molecular formula is C30H42N2O2. The molecule has 4 heteroatoms. The molecule has 0 aromatic heterocycles. The van der Waals surface area contributed by atoms with E-state index in [-0.39, 0.29) is 12.1 Å². The minimum Gasteiger partial charge on any atom is -0.507 e. The number of hydrogen-bond donors (Lipinski definition) is 2. The van der Waals surface area contributed by atoms with E-state index in [0.717, 1.165) is 60.8 Å². The predicted molar refractivity (Wildman–Crippen MR) is 144 cm³/mol. The van der Waals surface area contributed by atoms with Crippen LogP contribution in [0.2, 0.25) is 0 Å². The summed E-state index contributed by atoms with van der Waals surface area (Å²) in [5.41, 5.74) is 5.98. The lowest BCUT2D eigenvalue weighted by Crippen LogP contribution is -2.27. The van der Waals surface area contributed by atoms with Crippen molar-refractivity contribution in [3.63, 3.8) is 0 Å². The summed E-state index contributed by atoms with van der Waals surface area (Å²) in [5, 5.41) is 21.5. The maximum atomic E-state index is 10.7. The zero-order chi connectivity index (χ0) is 24.8. The fourth-order valence-electron chi connectivity index (χ4n) is 4.68. The molecule has 0 aliphatic heterocycles. The molecule has 2 unspecified atom stereocenters. The molecule has 0 radical (unpaired) electrons. The lowest BCUT2D eigenvalue weighted by Gasteiger charge is -2.25. The van der Waals surface area contributed by atoms with E-state index < -0.39 is 0 Å². The van der Waals surface area contributed by atoms with Crippen LogP contribution in [0.25, 0.3) is 0 Å². The van der Waals surface area contributed by atoms with Gasteiger partial charge in [-0.05, 0) is 71.9 Å². The van der Waals surface area contributed by atoms with E-state index in [2.05, 4.69) is 65.8 Å². The number of rotatable bonds is 8. The Kier molecular flexibility index (Phi) is 8.93. The molecule has 1 aliphatic rings. The molecule has 34 heavy (non-hydrogen) atoms. The van der Waals surface area contributed by atoms with Crippen molar-refractivity contribution in [3.05, 3.63) is 57.6 Å². The van der Waals surface area contributed by atoms with Gasteiger partial charge in [-0.25, -0.2) is 0 Å². The highest BCUT2D eigenvalue weighted by molar-refractivity contribution is 5.86. The Balaban J connectivity index is 1.88. The average Bonchev–Trinajstić information content (AvgIpc) is 2.82. The monoisotopic (exact) mass is 462 g/mol. The number of aromatic hydroxyl groups is 2. The van der Waals surface area contributed by atoms with Crippen LogP contribution in [0.5, 0.6) is 11.5 Å². The van der Waals surface area contributed by atoms with Gasteiger partial charge in [0.15, 0.2) is 0 Å². The second-order valence-electron chi connectivity index (χ2n) is 10.2. The van der Waals surface area contributed by atoms with Crippen molar-refractivity contribution in [3.8, 4) is 11.5 Å². The van der Waals surface area contributed by atoms with Gasteiger partial charge in [-0.15, -0.1) is 0 Å². The van der Waals surface area contributed by atoms with E-state index in [1.54, 1.807) is 0 Å². The summed E-state index contributed by atoms with van der Waals surface area (Å²) >= 11 is 0. The maximum absolute atomic E-state index is 10.7. The smallest absolute Gasteiger partial charge is 0.127 e. The molecule has 0 bridgehead atoms. The maximum Gasteiger partial charge on any atom is 0.127 e. The summed E-state index contributed by atoms with van der Waals surface area (Å²) in [6.07, 6.45) is 9.55. The van der Waals surface area contributed by atoms with Crippen LogP contribution in [0.1, 0.15) is 112 Å². The molecule has 2 atom stereocenters. The molecule has 2 N–H and O–H groups in total. The third kappa shape index (κ3) is 6.08. The van der Waals surface area contributed by atoms with Crippen LogP contribution in [0.15, 0.2) is 34.3 Å². The summed E-state index contributed by atoms with van der Waals surface area (Å²) in [4.78, 5) is 9.85. The Labute approximate surface area is 205 Å². The Morgan fingerprint density at radius 3 is 1.44 bits per heavy atom. The summed E-state index contributed by atoms with van der Waals surface area (Å²) < 4.78 is 0. The first-order valence-corrected chi connectivity index (χ1v) is 13.0.